The first-order valence-corrected chi connectivity index (χ1v) is 10.4. The number of nitrogens with zero attached hydrogens (tertiary/aromatic N) is 3. The summed E-state index contributed by atoms with van der Waals surface area (Å²) in [7, 11) is 0. The highest BCUT2D eigenvalue weighted by molar-refractivity contribution is 5.79. The lowest BCUT2D eigenvalue weighted by Crippen LogP contribution is -2.38. The molecule has 6 nitrogen and oxygen atoms in total. The molecular weight excluding hydrogens is 350 g/mol. The predicted octanol–water partition coefficient (Wildman–Crippen LogP) is 3.36. The first-order valence-electron chi connectivity index (χ1n) is 10.4. The highest BCUT2D eigenvalue weighted by Crippen LogP contribution is 2.28. The number of nitrogens with one attached hydrogen (secondary N) is 2. The molecule has 1 aliphatic carbocycles. The van der Waals surface area contributed by atoms with E-state index in [1.165, 1.54) is 18.4 Å². The van der Waals surface area contributed by atoms with Gasteiger partial charge in [-0.3, -0.25) is 0 Å². The number of para-hydroxylation sites is 1. The van der Waals surface area contributed by atoms with Crippen molar-refractivity contribution in [2.75, 3.05) is 26.3 Å². The molecule has 0 unspecified atom stereocenters. The molecule has 1 fully saturated rings. The third-order valence-corrected chi connectivity index (χ3v) is 4.99. The number of hydrogen-bond acceptors (Lipinski definition) is 3. The summed E-state index contributed by atoms with van der Waals surface area (Å²) < 4.78 is 7.69. The maximum atomic E-state index is 5.69. The van der Waals surface area contributed by atoms with E-state index >= 15 is 0 Å². The van der Waals surface area contributed by atoms with Crippen molar-refractivity contribution in [3.8, 4) is 5.69 Å². The number of hydrogen-bond donors (Lipinski definition) is 2. The molecule has 1 saturated carbocycles. The Bertz CT molecular complexity index is 765. The van der Waals surface area contributed by atoms with E-state index < -0.39 is 0 Å². The van der Waals surface area contributed by atoms with Crippen molar-refractivity contribution in [3.63, 3.8) is 0 Å². The van der Waals surface area contributed by atoms with Crippen LogP contribution in [0.15, 0.2) is 35.3 Å². The minimum absolute atomic E-state index is 0.609. The van der Waals surface area contributed by atoms with Crippen molar-refractivity contribution in [2.45, 2.75) is 46.6 Å². The summed E-state index contributed by atoms with van der Waals surface area (Å²) >= 11 is 0. The second kappa shape index (κ2) is 10.3. The zero-order chi connectivity index (χ0) is 19.8. The molecule has 3 rings (SSSR count). The van der Waals surface area contributed by atoms with E-state index in [9.17, 15) is 0 Å². The molecular formula is C22H33N5O. The second-order valence-electron chi connectivity index (χ2n) is 7.39. The van der Waals surface area contributed by atoms with E-state index in [-0.39, 0.29) is 0 Å². The van der Waals surface area contributed by atoms with Crippen molar-refractivity contribution in [1.29, 1.82) is 0 Å². The molecule has 1 aromatic carbocycles. The Kier molecular flexibility index (Phi) is 7.48. The van der Waals surface area contributed by atoms with Crippen LogP contribution in [0.1, 0.15) is 43.1 Å². The van der Waals surface area contributed by atoms with E-state index in [0.717, 1.165) is 61.7 Å². The van der Waals surface area contributed by atoms with Gasteiger partial charge in [0, 0.05) is 37.6 Å². The summed E-state index contributed by atoms with van der Waals surface area (Å²) in [6.07, 6.45) is 3.67. The van der Waals surface area contributed by atoms with Gasteiger partial charge in [-0.05, 0) is 58.1 Å². The number of aryl methyl sites for hydroxylation is 1. The Morgan fingerprint density at radius 2 is 2.00 bits per heavy atom. The van der Waals surface area contributed by atoms with Gasteiger partial charge in [0.05, 0.1) is 17.9 Å². The van der Waals surface area contributed by atoms with Crippen molar-refractivity contribution < 1.29 is 4.74 Å². The van der Waals surface area contributed by atoms with Gasteiger partial charge in [0.1, 0.15) is 0 Å². The lowest BCUT2D eigenvalue weighted by molar-refractivity contribution is 0.123. The van der Waals surface area contributed by atoms with Gasteiger partial charge in [0.25, 0.3) is 0 Å². The van der Waals surface area contributed by atoms with Crippen LogP contribution in [0.3, 0.4) is 0 Å². The molecule has 1 heterocycles. The van der Waals surface area contributed by atoms with Crippen LogP contribution in [0.5, 0.6) is 0 Å². The first-order chi connectivity index (χ1) is 13.7. The van der Waals surface area contributed by atoms with Gasteiger partial charge in [0.2, 0.25) is 0 Å². The summed E-state index contributed by atoms with van der Waals surface area (Å²) in [6, 6.07) is 10.2. The van der Waals surface area contributed by atoms with Crippen molar-refractivity contribution in [3.05, 3.63) is 47.3 Å². The molecule has 0 atom stereocenters. The maximum Gasteiger partial charge on any atom is 0.191 e. The summed E-state index contributed by atoms with van der Waals surface area (Å²) in [6.45, 7) is 10.3. The number of rotatable bonds is 10. The maximum absolute atomic E-state index is 5.69. The van der Waals surface area contributed by atoms with Crippen molar-refractivity contribution in [1.82, 2.24) is 20.4 Å². The Hall–Kier alpha value is -2.34. The van der Waals surface area contributed by atoms with E-state index in [4.69, 9.17) is 14.8 Å². The van der Waals surface area contributed by atoms with Crippen LogP contribution in [0.2, 0.25) is 0 Å². The fourth-order valence-electron chi connectivity index (χ4n) is 3.14. The fourth-order valence-corrected chi connectivity index (χ4v) is 3.14. The van der Waals surface area contributed by atoms with Crippen molar-refractivity contribution in [2.24, 2.45) is 10.9 Å². The van der Waals surface area contributed by atoms with Crippen molar-refractivity contribution >= 4 is 5.96 Å². The van der Waals surface area contributed by atoms with Crippen LogP contribution in [-0.2, 0) is 11.3 Å². The average Bonchev–Trinajstić information content (AvgIpc) is 3.48. The minimum atomic E-state index is 0.609. The Morgan fingerprint density at radius 1 is 1.21 bits per heavy atom. The molecule has 0 radical (unpaired) electrons. The zero-order valence-corrected chi connectivity index (χ0v) is 17.4. The van der Waals surface area contributed by atoms with E-state index in [1.54, 1.807) is 0 Å². The molecule has 1 aliphatic rings. The van der Waals surface area contributed by atoms with Crippen LogP contribution >= 0.6 is 0 Å². The Labute approximate surface area is 168 Å². The summed E-state index contributed by atoms with van der Waals surface area (Å²) in [5.74, 6) is 1.67. The number of benzene rings is 1. The third-order valence-electron chi connectivity index (χ3n) is 4.99. The number of aromatic nitrogens is 2. The van der Waals surface area contributed by atoms with Crippen LogP contribution in [0, 0.1) is 19.8 Å². The molecule has 0 saturated heterocycles. The Balaban J connectivity index is 1.55. The largest absolute Gasteiger partial charge is 0.381 e. The van der Waals surface area contributed by atoms with Crippen LogP contribution in [0.25, 0.3) is 5.69 Å². The van der Waals surface area contributed by atoms with E-state index in [1.807, 2.05) is 22.9 Å². The molecule has 6 heteroatoms. The summed E-state index contributed by atoms with van der Waals surface area (Å²) in [5.41, 5.74) is 4.41. The van der Waals surface area contributed by atoms with Gasteiger partial charge >= 0.3 is 0 Å². The number of guanidine groups is 1. The van der Waals surface area contributed by atoms with Crippen LogP contribution in [0.4, 0.5) is 0 Å². The second-order valence-corrected chi connectivity index (χ2v) is 7.39. The summed E-state index contributed by atoms with van der Waals surface area (Å²) in [4.78, 5) is 4.77. The van der Waals surface area contributed by atoms with Gasteiger partial charge in [-0.25, -0.2) is 9.67 Å². The monoisotopic (exact) mass is 383 g/mol. The molecule has 28 heavy (non-hydrogen) atoms. The molecule has 0 amide bonds. The van der Waals surface area contributed by atoms with E-state index in [2.05, 4.69) is 43.5 Å². The molecule has 1 aromatic heterocycles. The van der Waals surface area contributed by atoms with Crippen LogP contribution in [-0.4, -0.2) is 42.0 Å². The number of aliphatic imine (C=N–C) groups is 1. The first kappa shape index (κ1) is 20.4. The average molecular weight is 384 g/mol. The Morgan fingerprint density at radius 3 is 2.71 bits per heavy atom. The highest BCUT2D eigenvalue weighted by atomic mass is 16.5. The topological polar surface area (TPSA) is 63.5 Å². The molecule has 152 valence electrons. The van der Waals surface area contributed by atoms with Gasteiger partial charge < -0.3 is 15.4 Å². The van der Waals surface area contributed by atoms with Gasteiger partial charge in [0.15, 0.2) is 5.96 Å². The summed E-state index contributed by atoms with van der Waals surface area (Å²) in [5, 5.41) is 11.4. The van der Waals surface area contributed by atoms with Gasteiger partial charge in [-0.2, -0.15) is 5.10 Å². The molecule has 0 aliphatic heterocycles. The SMILES string of the molecule is CCNC(=NCc1c(C)nn(-c2ccccc2)c1C)NCCCOCC1CC1. The molecule has 0 spiro atoms. The smallest absolute Gasteiger partial charge is 0.191 e. The minimum Gasteiger partial charge on any atom is -0.381 e. The van der Waals surface area contributed by atoms with Crippen LogP contribution < -0.4 is 10.6 Å². The lowest BCUT2D eigenvalue weighted by atomic mass is 10.2. The lowest BCUT2D eigenvalue weighted by Gasteiger charge is -2.11. The predicted molar refractivity (Wildman–Crippen MR) is 114 cm³/mol. The quantitative estimate of drug-likeness (QED) is 0.375. The molecule has 0 bridgehead atoms. The normalized spacial score (nSPS) is 14.3. The highest BCUT2D eigenvalue weighted by Gasteiger charge is 2.20. The molecule has 2 aromatic rings. The standard InChI is InChI=1S/C22H33N5O/c1-4-23-22(24-13-8-14-28-16-19-11-12-19)25-15-21-17(2)26-27(18(21)3)20-9-6-5-7-10-20/h5-7,9-10,19H,4,8,11-16H2,1-3H3,(H2,23,24,25). The third kappa shape index (κ3) is 5.83. The zero-order valence-electron chi connectivity index (χ0n) is 17.4. The van der Waals surface area contributed by atoms with Gasteiger partial charge in [-0.1, -0.05) is 18.2 Å². The fraction of sp³-hybridized carbons (Fsp3) is 0.545. The molecule has 2 N–H and O–H groups in total. The van der Waals surface area contributed by atoms with E-state index in [0.29, 0.717) is 6.54 Å². The number of ether oxygens (including phenoxy) is 1. The van der Waals surface area contributed by atoms with Gasteiger partial charge in [-0.15, -0.1) is 0 Å².